The topological polar surface area (TPSA) is 155 Å². The number of hydrogen-bond acceptors (Lipinski definition) is 8. The predicted octanol–water partition coefficient (Wildman–Crippen LogP) is 2.10. The van der Waals surface area contributed by atoms with E-state index in [1.807, 2.05) is 0 Å². The first-order valence-corrected chi connectivity index (χ1v) is 9.72. The van der Waals surface area contributed by atoms with E-state index in [9.17, 15) is 24.5 Å². The molecule has 12 heteroatoms. The van der Waals surface area contributed by atoms with Crippen molar-refractivity contribution in [1.82, 2.24) is 24.3 Å². The van der Waals surface area contributed by atoms with Gasteiger partial charge in [0.05, 0.1) is 36.0 Å². The fourth-order valence-corrected chi connectivity index (χ4v) is 3.71. The van der Waals surface area contributed by atoms with Crippen LogP contribution >= 0.6 is 0 Å². The molecule has 0 aliphatic carbocycles. The Bertz CT molecular complexity index is 1490. The van der Waals surface area contributed by atoms with E-state index in [1.165, 1.54) is 42.5 Å². The lowest BCUT2D eigenvalue weighted by Gasteiger charge is -2.06. The monoisotopic (exact) mass is 450 g/mol. The molecular weight excluding hydrogens is 432 g/mol. The zero-order chi connectivity index (χ0) is 23.9. The van der Waals surface area contributed by atoms with Crippen molar-refractivity contribution in [2.75, 3.05) is 7.11 Å². The third kappa shape index (κ3) is 3.56. The minimum atomic E-state index is -0.567. The summed E-state index contributed by atoms with van der Waals surface area (Å²) in [7, 11) is 1.25. The van der Waals surface area contributed by atoms with Crippen molar-refractivity contribution in [2.45, 2.75) is 20.4 Å². The van der Waals surface area contributed by atoms with Crippen LogP contribution in [-0.4, -0.2) is 48.1 Å². The fraction of sp³-hybridized carbons (Fsp3) is 0.190. The minimum absolute atomic E-state index is 0.0955. The van der Waals surface area contributed by atoms with E-state index in [0.717, 1.165) is 4.57 Å². The molecule has 0 aliphatic rings. The zero-order valence-electron chi connectivity index (χ0n) is 17.9. The quantitative estimate of drug-likeness (QED) is 0.203. The van der Waals surface area contributed by atoms with Crippen molar-refractivity contribution >= 4 is 28.5 Å². The second-order valence-electron chi connectivity index (χ2n) is 7.26. The van der Waals surface area contributed by atoms with E-state index < -0.39 is 22.2 Å². The van der Waals surface area contributed by atoms with Crippen LogP contribution in [-0.2, 0) is 11.3 Å². The molecule has 0 unspecified atom stereocenters. The lowest BCUT2D eigenvalue weighted by molar-refractivity contribution is -0.384. The van der Waals surface area contributed by atoms with E-state index in [-0.39, 0.29) is 40.2 Å². The van der Waals surface area contributed by atoms with Crippen LogP contribution in [0.25, 0.3) is 16.7 Å². The molecule has 0 atom stereocenters. The first-order chi connectivity index (χ1) is 15.7. The molecule has 0 saturated carbocycles. The van der Waals surface area contributed by atoms with Gasteiger partial charge < -0.3 is 9.72 Å². The molecule has 0 amide bonds. The molecule has 33 heavy (non-hydrogen) atoms. The van der Waals surface area contributed by atoms with Gasteiger partial charge in [-0.3, -0.25) is 24.3 Å². The second-order valence-corrected chi connectivity index (χ2v) is 7.26. The van der Waals surface area contributed by atoms with E-state index >= 15 is 0 Å². The van der Waals surface area contributed by atoms with Crippen molar-refractivity contribution in [2.24, 2.45) is 0 Å². The van der Waals surface area contributed by atoms with Gasteiger partial charge in [-0.15, -0.1) is 0 Å². The number of Topliss-reactive ketones (excluding diaryl/α,β-unsaturated/α-hetero) is 1. The number of nitro groups is 1. The normalized spacial score (nSPS) is 11.0. The minimum Gasteiger partial charge on any atom is -0.465 e. The Hall–Kier alpha value is -4.61. The molecule has 3 heterocycles. The number of ketones is 1. The summed E-state index contributed by atoms with van der Waals surface area (Å²) in [6.07, 6.45) is 2.43. The number of rotatable bonds is 6. The summed E-state index contributed by atoms with van der Waals surface area (Å²) in [6.45, 7) is 2.93. The highest BCUT2D eigenvalue weighted by Gasteiger charge is 2.24. The fourth-order valence-electron chi connectivity index (χ4n) is 3.71. The summed E-state index contributed by atoms with van der Waals surface area (Å²) in [4.78, 5) is 55.7. The Balaban J connectivity index is 1.72. The zero-order valence-corrected chi connectivity index (χ0v) is 17.9. The number of carbonyl (C=O) groups is 2. The van der Waals surface area contributed by atoms with Crippen molar-refractivity contribution < 1.29 is 19.2 Å². The van der Waals surface area contributed by atoms with Crippen LogP contribution < -0.4 is 5.56 Å². The number of carbonyl (C=O) groups excluding carboxylic acids is 2. The van der Waals surface area contributed by atoms with Crippen LogP contribution in [0, 0.1) is 24.0 Å². The number of esters is 1. The van der Waals surface area contributed by atoms with Gasteiger partial charge in [-0.2, -0.15) is 5.10 Å². The summed E-state index contributed by atoms with van der Waals surface area (Å²) in [6, 6.07) is 5.96. The molecule has 0 radical (unpaired) electrons. The van der Waals surface area contributed by atoms with E-state index in [1.54, 1.807) is 19.9 Å². The molecule has 0 saturated heterocycles. The number of hydrogen-bond donors (Lipinski definition) is 1. The molecule has 4 rings (SSSR count). The van der Waals surface area contributed by atoms with Gasteiger partial charge in [0.15, 0.2) is 11.4 Å². The Labute approximate surface area is 185 Å². The first-order valence-electron chi connectivity index (χ1n) is 9.72. The maximum Gasteiger partial charge on any atom is 0.339 e. The third-order valence-corrected chi connectivity index (χ3v) is 5.28. The molecule has 0 spiro atoms. The maximum atomic E-state index is 13.0. The Kier molecular flexibility index (Phi) is 5.34. The SMILES string of the molecule is COC(=O)c1c(C)[nH]c(C(=O)Cn2cnc3c(cnn3-c3ccccc3[N+](=O)[O-])c2=O)c1C. The number of aryl methyl sites for hydroxylation is 1. The number of benzene rings is 1. The van der Waals surface area contributed by atoms with E-state index in [2.05, 4.69) is 15.1 Å². The van der Waals surface area contributed by atoms with Gasteiger partial charge >= 0.3 is 5.97 Å². The van der Waals surface area contributed by atoms with Gasteiger partial charge in [0.25, 0.3) is 11.2 Å². The molecule has 1 N–H and O–H groups in total. The Morgan fingerprint density at radius 1 is 1.24 bits per heavy atom. The molecule has 0 aliphatic heterocycles. The van der Waals surface area contributed by atoms with Crippen LogP contribution in [0.15, 0.2) is 41.6 Å². The number of nitrogens with one attached hydrogen (secondary N) is 1. The number of aromatic nitrogens is 5. The highest BCUT2D eigenvalue weighted by molar-refractivity contribution is 6.01. The first kappa shape index (κ1) is 21.6. The summed E-state index contributed by atoms with van der Waals surface area (Å²) < 4.78 is 7.08. The van der Waals surface area contributed by atoms with Crippen molar-refractivity contribution in [3.8, 4) is 5.69 Å². The summed E-state index contributed by atoms with van der Waals surface area (Å²) >= 11 is 0. The van der Waals surface area contributed by atoms with Gasteiger partial charge in [-0.1, -0.05) is 12.1 Å². The maximum absolute atomic E-state index is 13.0. The summed E-state index contributed by atoms with van der Waals surface area (Å²) in [5.41, 5.74) is 0.923. The molecule has 1 aromatic carbocycles. The van der Waals surface area contributed by atoms with Gasteiger partial charge in [-0.25, -0.2) is 14.5 Å². The molecule has 3 aromatic heterocycles. The van der Waals surface area contributed by atoms with Crippen LogP contribution in [0.3, 0.4) is 0 Å². The number of fused-ring (bicyclic) bond motifs is 1. The third-order valence-electron chi connectivity index (χ3n) is 5.28. The molecule has 12 nitrogen and oxygen atoms in total. The van der Waals surface area contributed by atoms with Crippen LogP contribution in [0.5, 0.6) is 0 Å². The van der Waals surface area contributed by atoms with Crippen molar-refractivity contribution in [1.29, 1.82) is 0 Å². The Morgan fingerprint density at radius 3 is 2.67 bits per heavy atom. The van der Waals surface area contributed by atoms with Crippen LogP contribution in [0.4, 0.5) is 5.69 Å². The highest BCUT2D eigenvalue weighted by atomic mass is 16.6. The summed E-state index contributed by atoms with van der Waals surface area (Å²) in [5.74, 6) is -0.997. The van der Waals surface area contributed by atoms with Crippen molar-refractivity contribution in [3.63, 3.8) is 0 Å². The van der Waals surface area contributed by atoms with E-state index in [0.29, 0.717) is 11.3 Å². The highest BCUT2D eigenvalue weighted by Crippen LogP contribution is 2.24. The van der Waals surface area contributed by atoms with Gasteiger partial charge in [-0.05, 0) is 25.5 Å². The molecule has 0 fully saturated rings. The van der Waals surface area contributed by atoms with Crippen LogP contribution in [0.2, 0.25) is 0 Å². The number of ether oxygens (including phenoxy) is 1. The number of H-pyrrole nitrogens is 1. The summed E-state index contributed by atoms with van der Waals surface area (Å²) in [5, 5.41) is 15.5. The van der Waals surface area contributed by atoms with Gasteiger partial charge in [0.1, 0.15) is 17.4 Å². The molecular formula is C21H18N6O6. The number of aromatic amines is 1. The molecule has 4 aromatic rings. The average molecular weight is 450 g/mol. The lowest BCUT2D eigenvalue weighted by Crippen LogP contribution is -2.25. The smallest absolute Gasteiger partial charge is 0.339 e. The molecule has 0 bridgehead atoms. The second kappa shape index (κ2) is 8.15. The number of nitro benzene ring substituents is 1. The Morgan fingerprint density at radius 2 is 1.97 bits per heavy atom. The number of para-hydroxylation sites is 2. The largest absolute Gasteiger partial charge is 0.465 e. The predicted molar refractivity (Wildman–Crippen MR) is 116 cm³/mol. The average Bonchev–Trinajstić information content (AvgIpc) is 3.36. The molecule has 168 valence electrons. The van der Waals surface area contributed by atoms with Crippen molar-refractivity contribution in [3.05, 3.63) is 79.8 Å². The standard InChI is InChI=1S/C21H18N6O6/c1-11-17(21(30)33-3)12(2)24-18(11)16(28)9-25-10-22-19-13(20(25)29)8-23-26(19)14-6-4-5-7-15(14)27(31)32/h4-8,10,24H,9H2,1-3H3. The van der Waals surface area contributed by atoms with Gasteiger partial charge in [0.2, 0.25) is 0 Å². The number of methoxy groups -OCH3 is 1. The van der Waals surface area contributed by atoms with E-state index in [4.69, 9.17) is 4.74 Å². The lowest BCUT2D eigenvalue weighted by atomic mass is 10.1. The van der Waals surface area contributed by atoms with Gasteiger partial charge in [0, 0.05) is 11.8 Å². The number of nitrogens with zero attached hydrogens (tertiary/aromatic N) is 5. The van der Waals surface area contributed by atoms with Crippen LogP contribution in [0.1, 0.15) is 32.1 Å².